The molecule has 0 aliphatic carbocycles. The summed E-state index contributed by atoms with van der Waals surface area (Å²) >= 11 is 0. The molecule has 0 aromatic heterocycles. The van der Waals surface area contributed by atoms with Crippen molar-refractivity contribution in [3.05, 3.63) is 10.4 Å². The predicted octanol–water partition coefficient (Wildman–Crippen LogP) is 0.677. The fraction of sp³-hybridized carbons (Fsp3) is 1.00. The summed E-state index contributed by atoms with van der Waals surface area (Å²) in [6.45, 7) is 1.73. The van der Waals surface area contributed by atoms with Gasteiger partial charge in [0.1, 0.15) is 0 Å². The molecule has 0 saturated carbocycles. The lowest BCUT2D eigenvalue weighted by Crippen LogP contribution is -2.01. The number of hydrogen-bond acceptors (Lipinski definition) is 2. The highest BCUT2D eigenvalue weighted by atomic mass is 16.3. The van der Waals surface area contributed by atoms with Crippen LogP contribution in [0.25, 0.3) is 10.4 Å². The summed E-state index contributed by atoms with van der Waals surface area (Å²) in [5, 5.41) is 11.5. The second-order valence-electron chi connectivity index (χ2n) is 1.26. The molecule has 0 unspecified atom stereocenters. The Morgan fingerprint density at radius 3 is 2.71 bits per heavy atom. The number of rotatable bonds is 2. The number of aliphatic hydroxyl groups excluding tert-OH is 1. The lowest BCUT2D eigenvalue weighted by atomic mass is 10.4. The highest BCUT2D eigenvalue weighted by Crippen LogP contribution is 1.78. The van der Waals surface area contributed by atoms with Gasteiger partial charge in [0, 0.05) is 4.91 Å². The van der Waals surface area contributed by atoms with Crippen LogP contribution >= 0.6 is 0 Å². The van der Waals surface area contributed by atoms with Crippen molar-refractivity contribution in [3.8, 4) is 0 Å². The average Bonchev–Trinajstić information content (AvgIpc) is 1.61. The summed E-state index contributed by atoms with van der Waals surface area (Å²) in [5.41, 5.74) is 7.66. The van der Waals surface area contributed by atoms with E-state index in [-0.39, 0.29) is 6.54 Å². The van der Waals surface area contributed by atoms with Crippen molar-refractivity contribution >= 4 is 0 Å². The Labute approximate surface area is 41.4 Å². The summed E-state index contributed by atoms with van der Waals surface area (Å²) in [5.74, 6) is 0. The molecule has 1 N–H and O–H groups in total. The van der Waals surface area contributed by atoms with Crippen LogP contribution in [0.5, 0.6) is 0 Å². The van der Waals surface area contributed by atoms with E-state index in [4.69, 9.17) is 10.6 Å². The molecule has 0 amide bonds. The van der Waals surface area contributed by atoms with Crippen molar-refractivity contribution in [1.29, 1.82) is 0 Å². The molecular formula is C3H7N3O. The highest BCUT2D eigenvalue weighted by Gasteiger charge is 1.86. The van der Waals surface area contributed by atoms with Gasteiger partial charge in [0.15, 0.2) is 0 Å². The molecule has 40 valence electrons. The second-order valence-corrected chi connectivity index (χ2v) is 1.26. The Bertz CT molecular complexity index is 84.2. The van der Waals surface area contributed by atoms with Gasteiger partial charge in [0.05, 0.1) is 12.6 Å². The lowest BCUT2D eigenvalue weighted by molar-refractivity contribution is 0.203. The molecule has 0 aromatic carbocycles. The van der Waals surface area contributed by atoms with E-state index in [0.717, 1.165) is 0 Å². The Kier molecular flexibility index (Phi) is 3.10. The largest absolute Gasteiger partial charge is 0.393 e. The van der Waals surface area contributed by atoms with Crippen molar-refractivity contribution in [2.24, 2.45) is 5.11 Å². The van der Waals surface area contributed by atoms with Gasteiger partial charge in [0.2, 0.25) is 0 Å². The molecule has 0 radical (unpaired) electrons. The van der Waals surface area contributed by atoms with Crippen LogP contribution in [0, 0.1) is 0 Å². The fourth-order valence-corrected chi connectivity index (χ4v) is 0.155. The first kappa shape index (κ1) is 6.27. The summed E-state index contributed by atoms with van der Waals surface area (Å²) in [7, 11) is 0. The summed E-state index contributed by atoms with van der Waals surface area (Å²) < 4.78 is 0. The number of aliphatic hydroxyl groups is 1. The molecule has 0 aliphatic rings. The fourth-order valence-electron chi connectivity index (χ4n) is 0.155. The minimum absolute atomic E-state index is 0.163. The molecule has 0 bridgehead atoms. The van der Waals surface area contributed by atoms with Crippen molar-refractivity contribution in [2.45, 2.75) is 13.0 Å². The smallest absolute Gasteiger partial charge is 0.0568 e. The molecule has 0 aliphatic heterocycles. The van der Waals surface area contributed by atoms with Gasteiger partial charge in [-0.05, 0) is 12.5 Å². The van der Waals surface area contributed by atoms with Gasteiger partial charge in [-0.1, -0.05) is 5.11 Å². The SMILES string of the molecule is C[C@@H](O)CN=[N+]=[N-]. The molecule has 7 heavy (non-hydrogen) atoms. The van der Waals surface area contributed by atoms with E-state index in [1.165, 1.54) is 0 Å². The van der Waals surface area contributed by atoms with Crippen LogP contribution in [-0.4, -0.2) is 17.8 Å². The molecule has 1 atom stereocenters. The summed E-state index contributed by atoms with van der Waals surface area (Å²) in [4.78, 5) is 2.44. The van der Waals surface area contributed by atoms with Gasteiger partial charge >= 0.3 is 0 Å². The van der Waals surface area contributed by atoms with Gasteiger partial charge in [0.25, 0.3) is 0 Å². The van der Waals surface area contributed by atoms with Crippen LogP contribution < -0.4 is 0 Å². The lowest BCUT2D eigenvalue weighted by Gasteiger charge is -1.91. The number of nitrogens with zero attached hydrogens (tertiary/aromatic N) is 3. The van der Waals surface area contributed by atoms with Gasteiger partial charge in [-0.2, -0.15) is 0 Å². The van der Waals surface area contributed by atoms with Gasteiger partial charge in [-0.3, -0.25) is 0 Å². The van der Waals surface area contributed by atoms with Crippen molar-refractivity contribution in [3.63, 3.8) is 0 Å². The van der Waals surface area contributed by atoms with Gasteiger partial charge in [-0.25, -0.2) is 0 Å². The van der Waals surface area contributed by atoms with Gasteiger partial charge < -0.3 is 5.11 Å². The van der Waals surface area contributed by atoms with Crippen LogP contribution in [0.15, 0.2) is 5.11 Å². The van der Waals surface area contributed by atoms with Crippen LogP contribution in [0.1, 0.15) is 6.92 Å². The van der Waals surface area contributed by atoms with E-state index in [0.29, 0.717) is 0 Å². The topological polar surface area (TPSA) is 69.0 Å². The normalized spacial score (nSPS) is 12.3. The molecule has 0 saturated heterocycles. The Hall–Kier alpha value is -0.730. The van der Waals surface area contributed by atoms with Crippen molar-refractivity contribution in [1.82, 2.24) is 0 Å². The van der Waals surface area contributed by atoms with Crippen LogP contribution in [0.2, 0.25) is 0 Å². The van der Waals surface area contributed by atoms with E-state index in [2.05, 4.69) is 10.0 Å². The highest BCUT2D eigenvalue weighted by molar-refractivity contribution is 4.50. The maximum Gasteiger partial charge on any atom is 0.0568 e. The zero-order valence-electron chi connectivity index (χ0n) is 4.07. The van der Waals surface area contributed by atoms with E-state index in [1.54, 1.807) is 6.92 Å². The van der Waals surface area contributed by atoms with Crippen molar-refractivity contribution in [2.75, 3.05) is 6.54 Å². The van der Waals surface area contributed by atoms with E-state index in [9.17, 15) is 0 Å². The predicted molar refractivity (Wildman–Crippen MR) is 25.7 cm³/mol. The second kappa shape index (κ2) is 3.46. The molecule has 0 rings (SSSR count). The monoisotopic (exact) mass is 101 g/mol. The molecule has 4 nitrogen and oxygen atoms in total. The minimum atomic E-state index is -0.518. The zero-order chi connectivity index (χ0) is 5.70. The molecule has 0 aromatic rings. The molecule has 0 heterocycles. The summed E-state index contributed by atoms with van der Waals surface area (Å²) in [6, 6.07) is 0. The number of azide groups is 1. The van der Waals surface area contributed by atoms with Crippen LogP contribution in [0.4, 0.5) is 0 Å². The van der Waals surface area contributed by atoms with Crippen molar-refractivity contribution < 1.29 is 5.11 Å². The third kappa shape index (κ3) is 5.27. The molecule has 0 fully saturated rings. The third-order valence-electron chi connectivity index (χ3n) is 0.409. The average molecular weight is 101 g/mol. The van der Waals surface area contributed by atoms with Gasteiger partial charge in [-0.15, -0.1) is 0 Å². The summed E-state index contributed by atoms with van der Waals surface area (Å²) in [6.07, 6.45) is -0.518. The van der Waals surface area contributed by atoms with E-state index in [1.807, 2.05) is 0 Å². The maximum atomic E-state index is 8.42. The quantitative estimate of drug-likeness (QED) is 0.310. The molecule has 4 heteroatoms. The first-order chi connectivity index (χ1) is 3.27. The molecule has 0 spiro atoms. The Balaban J connectivity index is 3.13. The maximum absolute atomic E-state index is 8.42. The first-order valence-electron chi connectivity index (χ1n) is 1.96. The third-order valence-corrected chi connectivity index (χ3v) is 0.409. The Morgan fingerprint density at radius 1 is 2.00 bits per heavy atom. The van der Waals surface area contributed by atoms with Crippen LogP contribution in [-0.2, 0) is 0 Å². The number of hydrogen-bond donors (Lipinski definition) is 1. The van der Waals surface area contributed by atoms with E-state index >= 15 is 0 Å². The molecular weight excluding hydrogens is 94.1 g/mol. The Morgan fingerprint density at radius 2 is 2.57 bits per heavy atom. The van der Waals surface area contributed by atoms with E-state index < -0.39 is 6.10 Å². The minimum Gasteiger partial charge on any atom is -0.393 e. The zero-order valence-corrected chi connectivity index (χ0v) is 4.07. The standard InChI is InChI=1S/C3H7N3O/c1-3(7)2-5-6-4/h3,7H,2H2,1H3/t3-/m1/s1. The van der Waals surface area contributed by atoms with Crippen LogP contribution in [0.3, 0.4) is 0 Å². The first-order valence-corrected chi connectivity index (χ1v) is 1.96.